The molecule has 2 fully saturated rings. The van der Waals surface area contributed by atoms with Crippen molar-refractivity contribution in [2.75, 3.05) is 24.7 Å². The number of nitrogens with zero attached hydrogens (tertiary/aromatic N) is 2. The van der Waals surface area contributed by atoms with Crippen LogP contribution in [0.1, 0.15) is 12.8 Å². The van der Waals surface area contributed by atoms with E-state index in [1.165, 1.54) is 33.5 Å². The van der Waals surface area contributed by atoms with Gasteiger partial charge >= 0.3 is 0 Å². The average molecular weight is 292 g/mol. The number of carbonyl (C=O) groups is 2. The zero-order valence-corrected chi connectivity index (χ0v) is 11.5. The van der Waals surface area contributed by atoms with Crippen molar-refractivity contribution in [3.8, 4) is 0 Å². The van der Waals surface area contributed by atoms with Gasteiger partial charge in [0.2, 0.25) is 11.8 Å². The summed E-state index contributed by atoms with van der Waals surface area (Å²) in [5.41, 5.74) is 0. The van der Waals surface area contributed by atoms with Gasteiger partial charge < -0.3 is 10.2 Å². The first kappa shape index (κ1) is 14.0. The summed E-state index contributed by atoms with van der Waals surface area (Å²) in [4.78, 5) is 23.2. The van der Waals surface area contributed by atoms with Crippen molar-refractivity contribution < 1.29 is 19.8 Å². The second-order valence-corrected chi connectivity index (χ2v) is 6.55. The van der Waals surface area contributed by atoms with Crippen molar-refractivity contribution in [3.05, 3.63) is 0 Å². The number of thioether (sulfide) groups is 2. The number of aliphatic hydroxyl groups excluding tert-OH is 2. The Morgan fingerprint density at radius 2 is 1.33 bits per heavy atom. The van der Waals surface area contributed by atoms with Gasteiger partial charge in [0, 0.05) is 11.5 Å². The van der Waals surface area contributed by atoms with Crippen LogP contribution >= 0.6 is 23.5 Å². The van der Waals surface area contributed by atoms with Crippen molar-refractivity contribution in [1.29, 1.82) is 0 Å². The van der Waals surface area contributed by atoms with Gasteiger partial charge in [0.05, 0.1) is 26.1 Å². The molecule has 0 aromatic heterocycles. The zero-order valence-electron chi connectivity index (χ0n) is 9.82. The van der Waals surface area contributed by atoms with Gasteiger partial charge in [-0.25, -0.2) is 10.0 Å². The minimum Gasteiger partial charge on any atom is -0.396 e. The third kappa shape index (κ3) is 2.61. The van der Waals surface area contributed by atoms with Crippen molar-refractivity contribution in [2.24, 2.45) is 0 Å². The second kappa shape index (κ2) is 6.14. The molecular formula is C10H16N2O4S2. The largest absolute Gasteiger partial charge is 0.396 e. The molecule has 2 rings (SSSR count). The Bertz CT molecular complexity index is 310. The smallest absolute Gasteiger partial charge is 0.245 e. The summed E-state index contributed by atoms with van der Waals surface area (Å²) in [7, 11) is 0. The van der Waals surface area contributed by atoms with Crippen LogP contribution in [0.25, 0.3) is 0 Å². The van der Waals surface area contributed by atoms with E-state index in [1.54, 1.807) is 0 Å². The van der Waals surface area contributed by atoms with Gasteiger partial charge in [-0.1, -0.05) is 0 Å². The van der Waals surface area contributed by atoms with Crippen LogP contribution in [-0.4, -0.2) is 67.5 Å². The molecule has 0 radical (unpaired) electrons. The quantitative estimate of drug-likeness (QED) is 0.614. The lowest BCUT2D eigenvalue weighted by Gasteiger charge is -2.53. The minimum absolute atomic E-state index is 0.0360. The Labute approximate surface area is 114 Å². The van der Waals surface area contributed by atoms with Crippen LogP contribution < -0.4 is 0 Å². The average Bonchev–Trinajstić information content (AvgIpc) is 2.36. The summed E-state index contributed by atoms with van der Waals surface area (Å²) in [5.74, 6) is 1.02. The van der Waals surface area contributed by atoms with E-state index in [1.807, 2.05) is 0 Å². The lowest BCUT2D eigenvalue weighted by Crippen LogP contribution is -2.68. The van der Waals surface area contributed by atoms with Crippen molar-refractivity contribution in [1.82, 2.24) is 10.0 Å². The number of aliphatic hydroxyl groups is 2. The second-order valence-electron chi connectivity index (χ2n) is 3.98. The molecular weight excluding hydrogens is 276 g/mol. The first-order valence-electron chi connectivity index (χ1n) is 5.78. The molecule has 6 nitrogen and oxygen atoms in total. The molecule has 0 bridgehead atoms. The van der Waals surface area contributed by atoms with Crippen LogP contribution in [0.15, 0.2) is 0 Å². The molecule has 102 valence electrons. The highest BCUT2D eigenvalue weighted by Crippen LogP contribution is 2.39. The lowest BCUT2D eigenvalue weighted by atomic mass is 10.2. The first-order valence-corrected chi connectivity index (χ1v) is 7.87. The van der Waals surface area contributed by atoms with Gasteiger partial charge in [-0.15, -0.1) is 23.5 Å². The number of hydrogen-bond donors (Lipinski definition) is 2. The molecule has 8 heteroatoms. The summed E-state index contributed by atoms with van der Waals surface area (Å²) < 4.78 is 0. The van der Waals surface area contributed by atoms with Crippen LogP contribution in [-0.2, 0) is 9.59 Å². The topological polar surface area (TPSA) is 81.1 Å². The number of carbonyl (C=O) groups excluding carboxylic acids is 2. The Morgan fingerprint density at radius 3 is 1.61 bits per heavy atom. The van der Waals surface area contributed by atoms with Gasteiger partial charge in [0.15, 0.2) is 0 Å². The van der Waals surface area contributed by atoms with Crippen LogP contribution in [0.5, 0.6) is 0 Å². The molecule has 2 amide bonds. The fourth-order valence-electron chi connectivity index (χ4n) is 1.91. The molecule has 2 heterocycles. The summed E-state index contributed by atoms with van der Waals surface area (Å²) >= 11 is 2.97. The normalized spacial score (nSPS) is 27.2. The van der Waals surface area contributed by atoms with Crippen LogP contribution in [0.4, 0.5) is 0 Å². The number of hydrazine groups is 1. The Balaban J connectivity index is 1.91. The Hall–Kier alpha value is -0.440. The van der Waals surface area contributed by atoms with Gasteiger partial charge in [-0.05, 0) is 0 Å². The van der Waals surface area contributed by atoms with Crippen LogP contribution in [0, 0.1) is 0 Å². The van der Waals surface area contributed by atoms with Crippen LogP contribution in [0.2, 0.25) is 0 Å². The van der Waals surface area contributed by atoms with E-state index in [2.05, 4.69) is 0 Å². The summed E-state index contributed by atoms with van der Waals surface area (Å²) in [6.45, 7) is 0.139. The molecule has 2 atom stereocenters. The predicted molar refractivity (Wildman–Crippen MR) is 69.6 cm³/mol. The van der Waals surface area contributed by atoms with Crippen LogP contribution in [0.3, 0.4) is 0 Å². The van der Waals surface area contributed by atoms with E-state index < -0.39 is 0 Å². The molecule has 2 aliphatic rings. The standard InChI is InChI=1S/C10H16N2O4S2/c13-1-3-17-9-5-7(15)11(9)12-8(16)6-10(12)18-4-2-14/h9-10,13-14H,1-6H2. The van der Waals surface area contributed by atoms with E-state index in [0.717, 1.165) is 0 Å². The van der Waals surface area contributed by atoms with E-state index in [4.69, 9.17) is 10.2 Å². The molecule has 2 N–H and O–H groups in total. The number of hydrogen-bond acceptors (Lipinski definition) is 6. The Morgan fingerprint density at radius 1 is 0.944 bits per heavy atom. The van der Waals surface area contributed by atoms with Crippen molar-refractivity contribution in [2.45, 2.75) is 23.6 Å². The zero-order chi connectivity index (χ0) is 13.1. The highest BCUT2D eigenvalue weighted by molar-refractivity contribution is 8.00. The number of rotatable bonds is 7. The predicted octanol–water partition coefficient (Wildman–Crippen LogP) is -0.531. The van der Waals surface area contributed by atoms with Crippen molar-refractivity contribution >= 4 is 35.3 Å². The summed E-state index contributed by atoms with van der Waals surface area (Å²) in [6.07, 6.45) is 0.845. The molecule has 0 aromatic carbocycles. The highest BCUT2D eigenvalue weighted by Gasteiger charge is 2.50. The molecule has 2 aliphatic heterocycles. The third-order valence-corrected chi connectivity index (χ3v) is 5.13. The molecule has 2 unspecified atom stereocenters. The number of β-lactam (4-membered cyclic amide) rings is 2. The summed E-state index contributed by atoms with van der Waals surface area (Å²) in [6, 6.07) is 0. The maximum absolute atomic E-state index is 11.6. The molecule has 0 aliphatic carbocycles. The van der Waals surface area contributed by atoms with E-state index in [0.29, 0.717) is 24.3 Å². The third-order valence-electron chi connectivity index (χ3n) is 2.79. The van der Waals surface area contributed by atoms with E-state index in [-0.39, 0.29) is 35.8 Å². The maximum Gasteiger partial charge on any atom is 0.245 e. The van der Waals surface area contributed by atoms with Crippen molar-refractivity contribution in [3.63, 3.8) is 0 Å². The first-order chi connectivity index (χ1) is 8.69. The molecule has 18 heavy (non-hydrogen) atoms. The fraction of sp³-hybridized carbons (Fsp3) is 0.800. The van der Waals surface area contributed by atoms with E-state index in [9.17, 15) is 9.59 Å². The lowest BCUT2D eigenvalue weighted by molar-refractivity contribution is -0.191. The monoisotopic (exact) mass is 292 g/mol. The number of amides is 2. The van der Waals surface area contributed by atoms with E-state index >= 15 is 0 Å². The highest BCUT2D eigenvalue weighted by atomic mass is 32.2. The molecule has 0 spiro atoms. The molecule has 2 saturated heterocycles. The van der Waals surface area contributed by atoms with Gasteiger partial charge in [-0.3, -0.25) is 9.59 Å². The van der Waals surface area contributed by atoms with Gasteiger partial charge in [0.1, 0.15) is 10.7 Å². The molecule has 0 saturated carbocycles. The minimum atomic E-state index is -0.0481. The Kier molecular flexibility index (Phi) is 4.77. The fourth-order valence-corrected chi connectivity index (χ4v) is 3.91. The van der Waals surface area contributed by atoms with Gasteiger partial charge in [-0.2, -0.15) is 0 Å². The van der Waals surface area contributed by atoms with Gasteiger partial charge in [0.25, 0.3) is 0 Å². The maximum atomic E-state index is 11.6. The summed E-state index contributed by atoms with van der Waals surface area (Å²) in [5, 5.41) is 20.5. The molecule has 0 aromatic rings. The SMILES string of the molecule is O=C1CC(SCCO)N1N1C(=O)CC1SCCO.